The predicted octanol–water partition coefficient (Wildman–Crippen LogP) is 5.61. The molecule has 0 radical (unpaired) electrons. The van der Waals surface area contributed by atoms with E-state index in [1.54, 1.807) is 67.3 Å². The third-order valence-corrected chi connectivity index (χ3v) is 5.60. The Bertz CT molecular complexity index is 1220. The number of anilines is 1. The summed E-state index contributed by atoms with van der Waals surface area (Å²) in [6, 6.07) is 16.0. The number of hydrogen-bond donors (Lipinski definition) is 1. The number of carbonyl (C=O) groups is 1. The summed E-state index contributed by atoms with van der Waals surface area (Å²) < 4.78 is 16.9. The number of nitrogens with zero attached hydrogens (tertiary/aromatic N) is 2. The van der Waals surface area contributed by atoms with E-state index in [1.165, 1.54) is 11.3 Å². The van der Waals surface area contributed by atoms with Gasteiger partial charge in [0.2, 0.25) is 0 Å². The van der Waals surface area contributed by atoms with E-state index in [1.807, 2.05) is 12.1 Å². The Morgan fingerprint density at radius 3 is 2.55 bits per heavy atom. The number of hydrogen-bond acceptors (Lipinski definition) is 7. The Balaban J connectivity index is 1.38. The molecule has 0 aliphatic heterocycles. The van der Waals surface area contributed by atoms with Gasteiger partial charge in [0, 0.05) is 34.6 Å². The van der Waals surface area contributed by atoms with Crippen LogP contribution >= 0.6 is 22.9 Å². The Morgan fingerprint density at radius 1 is 1.00 bits per heavy atom. The van der Waals surface area contributed by atoms with Crippen LogP contribution in [0.5, 0.6) is 17.2 Å². The number of thiazole rings is 1. The molecule has 2 aromatic carbocycles. The molecule has 168 valence electrons. The van der Waals surface area contributed by atoms with Crippen LogP contribution in [-0.4, -0.2) is 23.0 Å². The summed E-state index contributed by atoms with van der Waals surface area (Å²) in [6.07, 6.45) is 3.41. The fourth-order valence-electron chi connectivity index (χ4n) is 2.86. The second-order valence-corrected chi connectivity index (χ2v) is 8.21. The Labute approximate surface area is 199 Å². The number of halogens is 1. The molecule has 1 N–H and O–H groups in total. The van der Waals surface area contributed by atoms with Crippen LogP contribution in [0.2, 0.25) is 5.02 Å². The lowest BCUT2D eigenvalue weighted by Gasteiger charge is -2.13. The van der Waals surface area contributed by atoms with Gasteiger partial charge in [-0.25, -0.2) is 4.98 Å². The SMILES string of the molecule is COc1ccc(NC(=O)c2csc(COc3ccc(Cl)cc3)n2)cc1OCc1ccncc1. The van der Waals surface area contributed by atoms with E-state index in [9.17, 15) is 4.79 Å². The third-order valence-electron chi connectivity index (χ3n) is 4.53. The molecule has 7 nitrogen and oxygen atoms in total. The monoisotopic (exact) mass is 481 g/mol. The highest BCUT2D eigenvalue weighted by Gasteiger charge is 2.14. The number of ether oxygens (including phenoxy) is 3. The molecule has 4 rings (SSSR count). The Hall–Kier alpha value is -3.62. The highest BCUT2D eigenvalue weighted by atomic mass is 35.5. The first-order chi connectivity index (χ1) is 16.1. The van der Waals surface area contributed by atoms with Crippen molar-refractivity contribution in [2.24, 2.45) is 0 Å². The molecule has 0 unspecified atom stereocenters. The molecule has 2 heterocycles. The summed E-state index contributed by atoms with van der Waals surface area (Å²) >= 11 is 7.23. The highest BCUT2D eigenvalue weighted by molar-refractivity contribution is 7.09. The normalized spacial score (nSPS) is 10.5. The second-order valence-electron chi connectivity index (χ2n) is 6.83. The van der Waals surface area contributed by atoms with Crippen molar-refractivity contribution in [1.82, 2.24) is 9.97 Å². The number of pyridine rings is 1. The average molecular weight is 482 g/mol. The number of benzene rings is 2. The van der Waals surface area contributed by atoms with Crippen LogP contribution in [-0.2, 0) is 13.2 Å². The molecule has 0 aliphatic carbocycles. The molecule has 0 aliphatic rings. The van der Waals surface area contributed by atoms with Crippen molar-refractivity contribution in [2.45, 2.75) is 13.2 Å². The lowest BCUT2D eigenvalue weighted by Crippen LogP contribution is -2.13. The standard InChI is InChI=1S/C24H20ClN3O4S/c1-30-21-7-4-18(12-22(21)32-13-16-8-10-26-11-9-16)27-24(29)20-15-33-23(28-20)14-31-19-5-2-17(25)3-6-19/h2-12,15H,13-14H2,1H3,(H,27,29). The topological polar surface area (TPSA) is 82.6 Å². The van der Waals surface area contributed by atoms with Gasteiger partial charge in [0.1, 0.15) is 29.7 Å². The van der Waals surface area contributed by atoms with Crippen molar-refractivity contribution < 1.29 is 19.0 Å². The minimum absolute atomic E-state index is 0.259. The molecule has 0 atom stereocenters. The molecule has 0 fully saturated rings. The van der Waals surface area contributed by atoms with Gasteiger partial charge in [0.25, 0.3) is 5.91 Å². The smallest absolute Gasteiger partial charge is 0.275 e. The van der Waals surface area contributed by atoms with E-state index >= 15 is 0 Å². The maximum Gasteiger partial charge on any atom is 0.275 e. The molecule has 0 spiro atoms. The van der Waals surface area contributed by atoms with Crippen LogP contribution < -0.4 is 19.5 Å². The first-order valence-electron chi connectivity index (χ1n) is 9.94. The van der Waals surface area contributed by atoms with Gasteiger partial charge in [-0.2, -0.15) is 0 Å². The Kier molecular flexibility index (Phi) is 7.39. The van der Waals surface area contributed by atoms with Crippen LogP contribution in [0.25, 0.3) is 0 Å². The highest BCUT2D eigenvalue weighted by Crippen LogP contribution is 2.31. The van der Waals surface area contributed by atoms with Gasteiger partial charge in [0.05, 0.1) is 7.11 Å². The first-order valence-corrected chi connectivity index (χ1v) is 11.2. The fraction of sp³-hybridized carbons (Fsp3) is 0.125. The zero-order valence-corrected chi connectivity index (χ0v) is 19.2. The molecule has 0 saturated carbocycles. The summed E-state index contributed by atoms with van der Waals surface area (Å²) in [7, 11) is 1.57. The van der Waals surface area contributed by atoms with Gasteiger partial charge in [-0.1, -0.05) is 11.6 Å². The quantitative estimate of drug-likeness (QED) is 0.334. The van der Waals surface area contributed by atoms with Gasteiger partial charge < -0.3 is 19.5 Å². The third kappa shape index (κ3) is 6.21. The van der Waals surface area contributed by atoms with E-state index in [-0.39, 0.29) is 12.5 Å². The second kappa shape index (κ2) is 10.8. The van der Waals surface area contributed by atoms with Crippen molar-refractivity contribution in [1.29, 1.82) is 0 Å². The van der Waals surface area contributed by atoms with Crippen LogP contribution in [0.15, 0.2) is 72.4 Å². The minimum atomic E-state index is -0.325. The van der Waals surface area contributed by atoms with Crippen molar-refractivity contribution in [3.05, 3.63) is 93.7 Å². The van der Waals surface area contributed by atoms with Gasteiger partial charge in [-0.15, -0.1) is 11.3 Å². The van der Waals surface area contributed by atoms with E-state index in [0.717, 1.165) is 5.56 Å². The summed E-state index contributed by atoms with van der Waals surface area (Å²) in [5.74, 6) is 1.44. The van der Waals surface area contributed by atoms with E-state index in [0.29, 0.717) is 45.3 Å². The zero-order valence-electron chi connectivity index (χ0n) is 17.7. The summed E-state index contributed by atoms with van der Waals surface area (Å²) in [4.78, 5) is 21.0. The maximum atomic E-state index is 12.7. The van der Waals surface area contributed by atoms with E-state index < -0.39 is 0 Å². The average Bonchev–Trinajstić information content (AvgIpc) is 3.32. The summed E-state index contributed by atoms with van der Waals surface area (Å²) in [6.45, 7) is 0.606. The fourth-order valence-corrected chi connectivity index (χ4v) is 3.67. The lowest BCUT2D eigenvalue weighted by molar-refractivity contribution is 0.102. The molecule has 1 amide bonds. The molecule has 33 heavy (non-hydrogen) atoms. The Morgan fingerprint density at radius 2 is 1.79 bits per heavy atom. The summed E-state index contributed by atoms with van der Waals surface area (Å²) in [5, 5.41) is 5.87. The number of amides is 1. The number of methoxy groups -OCH3 is 1. The van der Waals surface area contributed by atoms with Crippen LogP contribution in [0, 0.1) is 0 Å². The van der Waals surface area contributed by atoms with Crippen molar-refractivity contribution in [2.75, 3.05) is 12.4 Å². The maximum absolute atomic E-state index is 12.7. The minimum Gasteiger partial charge on any atom is -0.493 e. The van der Waals surface area contributed by atoms with Crippen molar-refractivity contribution >= 4 is 34.5 Å². The van der Waals surface area contributed by atoms with Crippen LogP contribution in [0.3, 0.4) is 0 Å². The molecule has 0 saturated heterocycles. The molecule has 0 bridgehead atoms. The first kappa shape index (κ1) is 22.6. The van der Waals surface area contributed by atoms with Crippen LogP contribution in [0.1, 0.15) is 21.1 Å². The zero-order chi connectivity index (χ0) is 23.0. The lowest BCUT2D eigenvalue weighted by atomic mass is 10.2. The molecule has 4 aromatic rings. The van der Waals surface area contributed by atoms with Crippen molar-refractivity contribution in [3.8, 4) is 17.2 Å². The van der Waals surface area contributed by atoms with E-state index in [2.05, 4.69) is 15.3 Å². The number of aromatic nitrogens is 2. The van der Waals surface area contributed by atoms with Crippen molar-refractivity contribution in [3.63, 3.8) is 0 Å². The molecule has 2 aromatic heterocycles. The van der Waals surface area contributed by atoms with Gasteiger partial charge in [-0.05, 0) is 54.1 Å². The van der Waals surface area contributed by atoms with E-state index in [4.69, 9.17) is 25.8 Å². The number of nitrogens with one attached hydrogen (secondary N) is 1. The largest absolute Gasteiger partial charge is 0.493 e. The molecular weight excluding hydrogens is 462 g/mol. The van der Waals surface area contributed by atoms with Gasteiger partial charge >= 0.3 is 0 Å². The number of carbonyl (C=O) groups excluding carboxylic acids is 1. The predicted molar refractivity (Wildman–Crippen MR) is 127 cm³/mol. The van der Waals surface area contributed by atoms with Crippen LogP contribution in [0.4, 0.5) is 5.69 Å². The van der Waals surface area contributed by atoms with Gasteiger partial charge in [-0.3, -0.25) is 9.78 Å². The molecular formula is C24H20ClN3O4S. The van der Waals surface area contributed by atoms with Gasteiger partial charge in [0.15, 0.2) is 11.5 Å². The summed E-state index contributed by atoms with van der Waals surface area (Å²) in [5.41, 5.74) is 1.85. The number of rotatable bonds is 9. The molecule has 9 heteroatoms.